The summed E-state index contributed by atoms with van der Waals surface area (Å²) >= 11 is 0. The molecule has 1 aliphatic rings. The van der Waals surface area contributed by atoms with Gasteiger partial charge in [-0.15, -0.1) is 5.10 Å². The zero-order valence-corrected chi connectivity index (χ0v) is 12.1. The van der Waals surface area contributed by atoms with E-state index < -0.39 is 0 Å². The highest BCUT2D eigenvalue weighted by molar-refractivity contribution is 5.25. The van der Waals surface area contributed by atoms with Crippen LogP contribution in [-0.4, -0.2) is 43.0 Å². The molecule has 0 aliphatic carbocycles. The van der Waals surface area contributed by atoms with Crippen molar-refractivity contribution >= 4 is 6.01 Å². The molecule has 19 heavy (non-hydrogen) atoms. The Bertz CT molecular complexity index is 382. The maximum Gasteiger partial charge on any atom is 0.318 e. The largest absolute Gasteiger partial charge is 0.406 e. The van der Waals surface area contributed by atoms with Crippen LogP contribution in [0.5, 0.6) is 0 Å². The van der Waals surface area contributed by atoms with E-state index in [-0.39, 0.29) is 12.1 Å². The van der Waals surface area contributed by atoms with Crippen LogP contribution in [0.3, 0.4) is 0 Å². The van der Waals surface area contributed by atoms with Crippen molar-refractivity contribution in [1.29, 1.82) is 0 Å². The Kier molecular flexibility index (Phi) is 5.15. The molecular weight excluding hydrogens is 244 g/mol. The standard InChI is InChI=1S/C13H24N4O2/c1-4-8-18-11-6-5-7-17(9-11)13-16-15-12(19-13)10(2)14-3/h10-11,14H,4-9H2,1-3H3. The zero-order chi connectivity index (χ0) is 13.7. The lowest BCUT2D eigenvalue weighted by Crippen LogP contribution is -2.40. The van der Waals surface area contributed by atoms with Gasteiger partial charge in [-0.05, 0) is 33.2 Å². The van der Waals surface area contributed by atoms with Crippen molar-refractivity contribution in [3.05, 3.63) is 5.89 Å². The Morgan fingerprint density at radius 2 is 2.37 bits per heavy atom. The van der Waals surface area contributed by atoms with Gasteiger partial charge in [0.1, 0.15) is 0 Å². The van der Waals surface area contributed by atoms with Crippen LogP contribution in [-0.2, 0) is 4.74 Å². The molecule has 1 aromatic heterocycles. The van der Waals surface area contributed by atoms with E-state index in [1.807, 2.05) is 14.0 Å². The molecule has 1 fully saturated rings. The number of piperidine rings is 1. The predicted octanol–water partition coefficient (Wildman–Crippen LogP) is 1.75. The van der Waals surface area contributed by atoms with Crippen LogP contribution >= 0.6 is 0 Å². The summed E-state index contributed by atoms with van der Waals surface area (Å²) in [6.07, 6.45) is 3.56. The highest BCUT2D eigenvalue weighted by Gasteiger charge is 2.24. The van der Waals surface area contributed by atoms with Gasteiger partial charge in [-0.2, -0.15) is 0 Å². The quantitative estimate of drug-likeness (QED) is 0.848. The molecule has 1 aromatic rings. The zero-order valence-electron chi connectivity index (χ0n) is 12.1. The molecule has 0 radical (unpaired) electrons. The van der Waals surface area contributed by atoms with Gasteiger partial charge in [-0.1, -0.05) is 12.0 Å². The van der Waals surface area contributed by atoms with E-state index in [1.165, 1.54) is 0 Å². The first kappa shape index (κ1) is 14.3. The fourth-order valence-electron chi connectivity index (χ4n) is 2.19. The molecule has 0 bridgehead atoms. The number of nitrogens with one attached hydrogen (secondary N) is 1. The summed E-state index contributed by atoms with van der Waals surface area (Å²) in [6, 6.07) is 0.695. The molecule has 2 heterocycles. The molecule has 0 saturated carbocycles. The minimum absolute atomic E-state index is 0.0816. The second kappa shape index (κ2) is 6.86. The van der Waals surface area contributed by atoms with Crippen molar-refractivity contribution in [3.63, 3.8) is 0 Å². The fraction of sp³-hybridized carbons (Fsp3) is 0.846. The molecular formula is C13H24N4O2. The second-order valence-corrected chi connectivity index (χ2v) is 5.01. The summed E-state index contributed by atoms with van der Waals surface area (Å²) in [5, 5.41) is 11.3. The summed E-state index contributed by atoms with van der Waals surface area (Å²) < 4.78 is 11.5. The summed E-state index contributed by atoms with van der Waals surface area (Å²) in [7, 11) is 1.88. The van der Waals surface area contributed by atoms with E-state index in [2.05, 4.69) is 27.3 Å². The Morgan fingerprint density at radius 1 is 1.53 bits per heavy atom. The molecule has 1 saturated heterocycles. The Labute approximate surface area is 114 Å². The molecule has 0 aromatic carbocycles. The van der Waals surface area contributed by atoms with E-state index >= 15 is 0 Å². The summed E-state index contributed by atoms with van der Waals surface area (Å²) in [6.45, 7) is 6.76. The van der Waals surface area contributed by atoms with Crippen LogP contribution in [0.4, 0.5) is 6.01 Å². The van der Waals surface area contributed by atoms with Crippen LogP contribution in [0.2, 0.25) is 0 Å². The van der Waals surface area contributed by atoms with Crippen LogP contribution in [0, 0.1) is 0 Å². The lowest BCUT2D eigenvalue weighted by atomic mass is 10.1. The van der Waals surface area contributed by atoms with Crippen molar-refractivity contribution in [3.8, 4) is 0 Å². The first-order valence-electron chi connectivity index (χ1n) is 7.11. The molecule has 0 amide bonds. The topological polar surface area (TPSA) is 63.4 Å². The van der Waals surface area contributed by atoms with Gasteiger partial charge < -0.3 is 19.4 Å². The van der Waals surface area contributed by atoms with Crippen molar-refractivity contribution in [2.24, 2.45) is 0 Å². The maximum absolute atomic E-state index is 5.82. The van der Waals surface area contributed by atoms with Gasteiger partial charge in [0.25, 0.3) is 0 Å². The highest BCUT2D eigenvalue weighted by atomic mass is 16.5. The van der Waals surface area contributed by atoms with Crippen molar-refractivity contribution in [2.75, 3.05) is 31.6 Å². The van der Waals surface area contributed by atoms with Gasteiger partial charge >= 0.3 is 6.01 Å². The monoisotopic (exact) mass is 268 g/mol. The molecule has 2 rings (SSSR count). The number of hydrogen-bond donors (Lipinski definition) is 1. The molecule has 108 valence electrons. The van der Waals surface area contributed by atoms with E-state index in [4.69, 9.17) is 9.15 Å². The fourth-order valence-corrected chi connectivity index (χ4v) is 2.19. The van der Waals surface area contributed by atoms with Crippen molar-refractivity contribution in [1.82, 2.24) is 15.5 Å². The smallest absolute Gasteiger partial charge is 0.318 e. The van der Waals surface area contributed by atoms with Gasteiger partial charge in [-0.3, -0.25) is 0 Å². The summed E-state index contributed by atoms with van der Waals surface area (Å²) in [5.41, 5.74) is 0. The van der Waals surface area contributed by atoms with E-state index in [0.29, 0.717) is 11.9 Å². The normalized spacial score (nSPS) is 21.6. The number of hydrogen-bond acceptors (Lipinski definition) is 6. The Balaban J connectivity index is 1.95. The van der Waals surface area contributed by atoms with Crippen LogP contribution in [0.15, 0.2) is 4.42 Å². The molecule has 0 spiro atoms. The third kappa shape index (κ3) is 3.67. The minimum Gasteiger partial charge on any atom is -0.406 e. The van der Waals surface area contributed by atoms with Crippen LogP contribution in [0.25, 0.3) is 0 Å². The Morgan fingerprint density at radius 3 is 3.11 bits per heavy atom. The van der Waals surface area contributed by atoms with E-state index in [0.717, 1.165) is 39.0 Å². The minimum atomic E-state index is 0.0816. The van der Waals surface area contributed by atoms with Crippen LogP contribution in [0.1, 0.15) is 45.0 Å². The van der Waals surface area contributed by atoms with Gasteiger partial charge in [0.15, 0.2) is 0 Å². The lowest BCUT2D eigenvalue weighted by Gasteiger charge is -2.31. The van der Waals surface area contributed by atoms with Gasteiger partial charge in [0, 0.05) is 19.7 Å². The molecule has 2 atom stereocenters. The first-order valence-corrected chi connectivity index (χ1v) is 7.11. The van der Waals surface area contributed by atoms with E-state index in [9.17, 15) is 0 Å². The average molecular weight is 268 g/mol. The third-order valence-corrected chi connectivity index (χ3v) is 3.44. The second-order valence-electron chi connectivity index (χ2n) is 5.01. The molecule has 1 aliphatic heterocycles. The number of ether oxygens (including phenoxy) is 1. The molecule has 2 unspecified atom stereocenters. The average Bonchev–Trinajstić information content (AvgIpc) is 2.94. The number of rotatable bonds is 6. The third-order valence-electron chi connectivity index (χ3n) is 3.44. The number of aromatic nitrogens is 2. The van der Waals surface area contributed by atoms with Crippen molar-refractivity contribution < 1.29 is 9.15 Å². The predicted molar refractivity (Wildman–Crippen MR) is 73.3 cm³/mol. The Hall–Kier alpha value is -1.14. The van der Waals surface area contributed by atoms with Gasteiger partial charge in [0.2, 0.25) is 5.89 Å². The number of anilines is 1. The van der Waals surface area contributed by atoms with E-state index in [1.54, 1.807) is 0 Å². The summed E-state index contributed by atoms with van der Waals surface area (Å²) in [5.74, 6) is 0.633. The molecule has 6 heteroatoms. The first-order chi connectivity index (χ1) is 9.24. The van der Waals surface area contributed by atoms with Crippen molar-refractivity contribution in [2.45, 2.75) is 45.3 Å². The summed E-state index contributed by atoms with van der Waals surface area (Å²) in [4.78, 5) is 2.13. The van der Waals surface area contributed by atoms with Gasteiger partial charge in [-0.25, -0.2) is 0 Å². The highest BCUT2D eigenvalue weighted by Crippen LogP contribution is 2.22. The SMILES string of the molecule is CCCOC1CCCN(c2nnc(C(C)NC)o2)C1. The van der Waals surface area contributed by atoms with Gasteiger partial charge in [0.05, 0.1) is 12.1 Å². The maximum atomic E-state index is 5.82. The molecule has 6 nitrogen and oxygen atoms in total. The lowest BCUT2D eigenvalue weighted by molar-refractivity contribution is 0.0430. The van der Waals surface area contributed by atoms with Crippen LogP contribution < -0.4 is 10.2 Å². The molecule has 1 N–H and O–H groups in total. The number of nitrogens with zero attached hydrogens (tertiary/aromatic N) is 3.